The summed E-state index contributed by atoms with van der Waals surface area (Å²) in [7, 11) is 0. The average molecular weight is 330 g/mol. The standard InChI is InChI=1S/C15H10ClN3O2.C2H6/c16-11-3-1-2-9-10(15(20)21)6-12(19-14(9)11)8-4-5-13(17)18-7-8;1-2/h1-7H,(H2,17,18)(H,20,21);1-2H3. The van der Waals surface area contributed by atoms with Crippen LogP contribution >= 0.6 is 11.6 Å². The van der Waals surface area contributed by atoms with Gasteiger partial charge in [0.2, 0.25) is 0 Å². The molecule has 0 atom stereocenters. The van der Waals surface area contributed by atoms with Gasteiger partial charge in [-0.3, -0.25) is 0 Å². The third kappa shape index (κ3) is 3.40. The Labute approximate surface area is 138 Å². The van der Waals surface area contributed by atoms with E-state index in [0.29, 0.717) is 33.0 Å². The van der Waals surface area contributed by atoms with Gasteiger partial charge in [-0.25, -0.2) is 14.8 Å². The van der Waals surface area contributed by atoms with Crippen LogP contribution in [0.1, 0.15) is 24.2 Å². The lowest BCUT2D eigenvalue weighted by Gasteiger charge is -2.08. The van der Waals surface area contributed by atoms with Crippen molar-refractivity contribution in [2.45, 2.75) is 13.8 Å². The van der Waals surface area contributed by atoms with Crippen molar-refractivity contribution in [3.8, 4) is 11.3 Å². The molecule has 0 aliphatic heterocycles. The number of carboxylic acid groups (broad SMARTS) is 1. The number of carbonyl (C=O) groups is 1. The summed E-state index contributed by atoms with van der Waals surface area (Å²) in [5, 5.41) is 10.3. The van der Waals surface area contributed by atoms with Crippen LogP contribution in [0.3, 0.4) is 0 Å². The predicted octanol–water partition coefficient (Wildman–Crippen LogP) is 4.26. The van der Waals surface area contributed by atoms with E-state index in [4.69, 9.17) is 17.3 Å². The zero-order valence-corrected chi connectivity index (χ0v) is 13.5. The zero-order valence-electron chi connectivity index (χ0n) is 12.7. The van der Waals surface area contributed by atoms with Gasteiger partial charge in [-0.1, -0.05) is 37.6 Å². The highest BCUT2D eigenvalue weighted by Crippen LogP contribution is 2.29. The third-order valence-corrected chi connectivity index (χ3v) is 3.41. The Kier molecular flexibility index (Phi) is 5.13. The number of para-hydroxylation sites is 1. The number of nitrogens with zero attached hydrogens (tertiary/aromatic N) is 2. The van der Waals surface area contributed by atoms with Crippen molar-refractivity contribution in [1.29, 1.82) is 0 Å². The molecule has 23 heavy (non-hydrogen) atoms. The molecular formula is C17H16ClN3O2. The van der Waals surface area contributed by atoms with Crippen LogP contribution in [0.15, 0.2) is 42.6 Å². The normalized spacial score (nSPS) is 10.0. The average Bonchev–Trinajstić information content (AvgIpc) is 2.57. The number of pyridine rings is 2. The van der Waals surface area contributed by atoms with Gasteiger partial charge in [0.15, 0.2) is 0 Å². The molecule has 0 bridgehead atoms. The molecule has 0 aliphatic carbocycles. The van der Waals surface area contributed by atoms with Crippen molar-refractivity contribution in [2.75, 3.05) is 5.73 Å². The quantitative estimate of drug-likeness (QED) is 0.733. The summed E-state index contributed by atoms with van der Waals surface area (Å²) in [6.45, 7) is 4.00. The number of nitrogens with two attached hydrogens (primary N) is 1. The maximum absolute atomic E-state index is 11.5. The number of hydrogen-bond donors (Lipinski definition) is 2. The van der Waals surface area contributed by atoms with Crippen molar-refractivity contribution < 1.29 is 9.90 Å². The molecule has 0 amide bonds. The van der Waals surface area contributed by atoms with Gasteiger partial charge >= 0.3 is 5.97 Å². The lowest BCUT2D eigenvalue weighted by molar-refractivity contribution is 0.0699. The summed E-state index contributed by atoms with van der Waals surface area (Å²) in [6.07, 6.45) is 1.55. The minimum atomic E-state index is -1.03. The van der Waals surface area contributed by atoms with E-state index in [1.54, 1.807) is 36.5 Å². The van der Waals surface area contributed by atoms with E-state index in [1.807, 2.05) is 13.8 Å². The van der Waals surface area contributed by atoms with Crippen molar-refractivity contribution in [3.05, 3.63) is 53.2 Å². The van der Waals surface area contributed by atoms with Crippen LogP contribution in [-0.4, -0.2) is 21.0 Å². The van der Waals surface area contributed by atoms with Crippen LogP contribution in [0.2, 0.25) is 5.02 Å². The van der Waals surface area contributed by atoms with Crippen LogP contribution in [0.4, 0.5) is 5.82 Å². The fraction of sp³-hybridized carbons (Fsp3) is 0.118. The number of hydrogen-bond acceptors (Lipinski definition) is 4. The van der Waals surface area contributed by atoms with Gasteiger partial charge in [0, 0.05) is 17.1 Å². The van der Waals surface area contributed by atoms with E-state index < -0.39 is 5.97 Å². The van der Waals surface area contributed by atoms with Gasteiger partial charge in [-0.05, 0) is 24.3 Å². The number of carboxylic acids is 1. The van der Waals surface area contributed by atoms with Crippen molar-refractivity contribution in [2.24, 2.45) is 0 Å². The first-order chi connectivity index (χ1) is 11.1. The molecule has 6 heteroatoms. The number of aromatic carboxylic acids is 1. The number of aromatic nitrogens is 2. The molecule has 3 aromatic rings. The second kappa shape index (κ2) is 7.07. The minimum Gasteiger partial charge on any atom is -0.478 e. The smallest absolute Gasteiger partial charge is 0.336 e. The lowest BCUT2D eigenvalue weighted by atomic mass is 10.1. The number of halogens is 1. The maximum Gasteiger partial charge on any atom is 0.336 e. The largest absolute Gasteiger partial charge is 0.478 e. The van der Waals surface area contributed by atoms with Gasteiger partial charge in [0.05, 0.1) is 21.8 Å². The summed E-state index contributed by atoms with van der Waals surface area (Å²) in [4.78, 5) is 19.9. The number of nitrogen functional groups attached to an aromatic ring is 1. The minimum absolute atomic E-state index is 0.148. The van der Waals surface area contributed by atoms with E-state index in [0.717, 1.165) is 0 Å². The number of anilines is 1. The first-order valence-corrected chi connectivity index (χ1v) is 7.48. The van der Waals surface area contributed by atoms with Crippen LogP contribution in [-0.2, 0) is 0 Å². The van der Waals surface area contributed by atoms with Gasteiger partial charge in [0.25, 0.3) is 0 Å². The lowest BCUT2D eigenvalue weighted by Crippen LogP contribution is -2.01. The Morgan fingerprint density at radius 1 is 1.22 bits per heavy atom. The number of rotatable bonds is 2. The fourth-order valence-corrected chi connectivity index (χ4v) is 2.31. The highest BCUT2D eigenvalue weighted by molar-refractivity contribution is 6.35. The molecule has 0 fully saturated rings. The molecule has 118 valence electrons. The van der Waals surface area contributed by atoms with E-state index in [9.17, 15) is 9.90 Å². The first kappa shape index (κ1) is 16.7. The van der Waals surface area contributed by atoms with Crippen LogP contribution in [0.25, 0.3) is 22.2 Å². The van der Waals surface area contributed by atoms with Crippen molar-refractivity contribution >= 4 is 34.3 Å². The molecule has 0 aliphatic rings. The molecule has 0 unspecified atom stereocenters. The highest BCUT2D eigenvalue weighted by atomic mass is 35.5. The van der Waals surface area contributed by atoms with Crippen molar-refractivity contribution in [3.63, 3.8) is 0 Å². The van der Waals surface area contributed by atoms with E-state index >= 15 is 0 Å². The van der Waals surface area contributed by atoms with E-state index in [2.05, 4.69) is 9.97 Å². The molecule has 0 spiro atoms. The molecule has 2 aromatic heterocycles. The highest BCUT2D eigenvalue weighted by Gasteiger charge is 2.14. The Balaban J connectivity index is 0.000000924. The summed E-state index contributed by atoms with van der Waals surface area (Å²) in [5.41, 5.74) is 7.31. The van der Waals surface area contributed by atoms with Gasteiger partial charge in [-0.15, -0.1) is 0 Å². The molecular weight excluding hydrogens is 314 g/mol. The Morgan fingerprint density at radius 2 is 1.96 bits per heavy atom. The fourth-order valence-electron chi connectivity index (χ4n) is 2.10. The topological polar surface area (TPSA) is 89.1 Å². The van der Waals surface area contributed by atoms with E-state index in [1.165, 1.54) is 6.07 Å². The zero-order chi connectivity index (χ0) is 17.0. The SMILES string of the molecule is CC.Nc1ccc(-c2cc(C(=O)O)c3cccc(Cl)c3n2)cn1. The second-order valence-corrected chi connectivity index (χ2v) is 4.88. The Bertz CT molecular complexity index is 848. The summed E-state index contributed by atoms with van der Waals surface area (Å²) in [5.74, 6) is -0.648. The molecule has 2 heterocycles. The third-order valence-electron chi connectivity index (χ3n) is 3.10. The van der Waals surface area contributed by atoms with Crippen molar-refractivity contribution in [1.82, 2.24) is 9.97 Å². The molecule has 1 aromatic carbocycles. The van der Waals surface area contributed by atoms with Gasteiger partial charge in [0.1, 0.15) is 5.82 Å². The Morgan fingerprint density at radius 3 is 2.57 bits per heavy atom. The predicted molar refractivity (Wildman–Crippen MR) is 92.7 cm³/mol. The molecule has 3 N–H and O–H groups in total. The summed E-state index contributed by atoms with van der Waals surface area (Å²) >= 11 is 6.13. The molecule has 0 saturated carbocycles. The van der Waals surface area contributed by atoms with Crippen LogP contribution in [0.5, 0.6) is 0 Å². The van der Waals surface area contributed by atoms with Gasteiger partial charge in [-0.2, -0.15) is 0 Å². The van der Waals surface area contributed by atoms with Crippen LogP contribution in [0, 0.1) is 0 Å². The molecule has 0 saturated heterocycles. The number of benzene rings is 1. The van der Waals surface area contributed by atoms with Gasteiger partial charge < -0.3 is 10.8 Å². The summed E-state index contributed by atoms with van der Waals surface area (Å²) in [6, 6.07) is 9.93. The maximum atomic E-state index is 11.5. The second-order valence-electron chi connectivity index (χ2n) is 4.47. The number of fused-ring (bicyclic) bond motifs is 1. The van der Waals surface area contributed by atoms with E-state index in [-0.39, 0.29) is 5.56 Å². The summed E-state index contributed by atoms with van der Waals surface area (Å²) < 4.78 is 0. The molecule has 3 rings (SSSR count). The Hall–Kier alpha value is -2.66. The first-order valence-electron chi connectivity index (χ1n) is 7.11. The monoisotopic (exact) mass is 329 g/mol. The molecule has 0 radical (unpaired) electrons. The molecule has 5 nitrogen and oxygen atoms in total. The van der Waals surface area contributed by atoms with Crippen LogP contribution < -0.4 is 5.73 Å².